The molecule has 0 spiro atoms. The molecule has 1 unspecified atom stereocenters. The summed E-state index contributed by atoms with van der Waals surface area (Å²) in [5.41, 5.74) is 1.31. The van der Waals surface area contributed by atoms with Gasteiger partial charge in [0.2, 0.25) is 10.0 Å². The van der Waals surface area contributed by atoms with Crippen molar-refractivity contribution in [2.75, 3.05) is 11.6 Å². The average Bonchev–Trinajstić information content (AvgIpc) is 2.94. The Hall–Kier alpha value is -2.59. The van der Waals surface area contributed by atoms with Crippen molar-refractivity contribution in [2.45, 2.75) is 45.4 Å². The lowest BCUT2D eigenvalue weighted by molar-refractivity contribution is -0.145. The maximum Gasteiger partial charge on any atom is 0.314 e. The second kappa shape index (κ2) is 10.1. The number of carboxylic acids is 1. The molecule has 1 aliphatic heterocycles. The van der Waals surface area contributed by atoms with E-state index in [1.807, 2.05) is 0 Å². The molecule has 0 saturated carbocycles. The van der Waals surface area contributed by atoms with E-state index in [2.05, 4.69) is 9.82 Å². The quantitative estimate of drug-likeness (QED) is 0.657. The molecule has 0 radical (unpaired) electrons. The van der Waals surface area contributed by atoms with Crippen LogP contribution in [0.3, 0.4) is 0 Å². The van der Waals surface area contributed by atoms with Crippen molar-refractivity contribution < 1.29 is 27.9 Å². The van der Waals surface area contributed by atoms with Crippen molar-refractivity contribution in [3.05, 3.63) is 24.3 Å². The van der Waals surface area contributed by atoms with E-state index in [9.17, 15) is 22.8 Å². The van der Waals surface area contributed by atoms with E-state index in [1.54, 1.807) is 32.9 Å². The molecule has 1 amide bonds. The van der Waals surface area contributed by atoms with Gasteiger partial charge in [-0.15, -0.1) is 0 Å². The van der Waals surface area contributed by atoms with Gasteiger partial charge in [-0.1, -0.05) is 13.8 Å². The Morgan fingerprint density at radius 3 is 2.14 bits per heavy atom. The van der Waals surface area contributed by atoms with Crippen LogP contribution in [0, 0.1) is 5.92 Å². The van der Waals surface area contributed by atoms with Gasteiger partial charge in [0.25, 0.3) is 5.91 Å². The van der Waals surface area contributed by atoms with Crippen molar-refractivity contribution >= 4 is 39.1 Å². The molecule has 2 N–H and O–H groups in total. The van der Waals surface area contributed by atoms with E-state index in [1.165, 1.54) is 24.1 Å². The number of ketones is 1. The highest BCUT2D eigenvalue weighted by Crippen LogP contribution is 2.22. The summed E-state index contributed by atoms with van der Waals surface area (Å²) in [4.78, 5) is 32.4. The summed E-state index contributed by atoms with van der Waals surface area (Å²) in [6.45, 7) is 6.80. The Morgan fingerprint density at radius 1 is 1.25 bits per heavy atom. The molecule has 9 nitrogen and oxygen atoms in total. The van der Waals surface area contributed by atoms with Crippen LogP contribution in [0.4, 0.5) is 5.69 Å². The number of aliphatic carboxylic acids is 1. The monoisotopic (exact) mass is 411 g/mol. The minimum absolute atomic E-state index is 0.111. The number of nitrogens with zero attached hydrogens (tertiary/aromatic N) is 2. The molecule has 10 heteroatoms. The Bertz CT molecular complexity index is 848. The number of sulfonamides is 1. The first kappa shape index (κ1) is 23.4. The van der Waals surface area contributed by atoms with E-state index in [0.29, 0.717) is 25.1 Å². The van der Waals surface area contributed by atoms with Gasteiger partial charge in [-0.3, -0.25) is 14.4 Å². The van der Waals surface area contributed by atoms with E-state index in [4.69, 9.17) is 5.11 Å². The van der Waals surface area contributed by atoms with Crippen LogP contribution in [0.1, 0.15) is 40.5 Å². The van der Waals surface area contributed by atoms with Gasteiger partial charge in [-0.2, -0.15) is 5.10 Å². The number of carbonyl (C=O) groups is 3. The van der Waals surface area contributed by atoms with Crippen LogP contribution >= 0.6 is 0 Å². The molecule has 0 fully saturated rings. The maximum absolute atomic E-state index is 11.8. The Kier molecular flexibility index (Phi) is 8.45. The number of hydrogen-bond donors (Lipinski definition) is 2. The van der Waals surface area contributed by atoms with Crippen molar-refractivity contribution in [1.29, 1.82) is 0 Å². The summed E-state index contributed by atoms with van der Waals surface area (Å²) in [5.74, 6) is -2.21. The number of nitrogens with one attached hydrogen (secondary N) is 1. The lowest BCUT2D eigenvalue weighted by atomic mass is 10.0. The second-order valence-electron chi connectivity index (χ2n) is 6.12. The third-order valence-electron chi connectivity index (χ3n) is 3.84. The van der Waals surface area contributed by atoms with Gasteiger partial charge >= 0.3 is 5.97 Å². The fourth-order valence-electron chi connectivity index (χ4n) is 2.43. The fraction of sp³-hybridized carbons (Fsp3) is 0.444. The van der Waals surface area contributed by atoms with Crippen LogP contribution in [0.25, 0.3) is 0 Å². The number of Topliss-reactive ketones (excluding diaryl/α,β-unsaturated/α-hetero) is 1. The highest BCUT2D eigenvalue weighted by molar-refractivity contribution is 7.89. The molecule has 2 rings (SSSR count). The minimum atomic E-state index is -3.46. The largest absolute Gasteiger partial charge is 0.481 e. The number of amides is 1. The summed E-state index contributed by atoms with van der Waals surface area (Å²) in [5, 5.41) is 13.7. The summed E-state index contributed by atoms with van der Waals surface area (Å²) < 4.78 is 25.9. The molecule has 1 aromatic carbocycles. The van der Waals surface area contributed by atoms with Crippen molar-refractivity contribution in [2.24, 2.45) is 11.0 Å². The zero-order valence-electron chi connectivity index (χ0n) is 16.3. The molecule has 1 aromatic rings. The van der Waals surface area contributed by atoms with Crippen LogP contribution < -0.4 is 9.73 Å². The second-order valence-corrected chi connectivity index (χ2v) is 7.89. The van der Waals surface area contributed by atoms with Crippen LogP contribution in [0.5, 0.6) is 0 Å². The zero-order chi connectivity index (χ0) is 21.5. The first-order valence-electron chi connectivity index (χ1n) is 8.73. The SMILES string of the molecule is CCC(C(C)=O)C(=O)O.CCNS(=O)(=O)c1ccc(N2N=C(C)CC2=O)cc1. The third-order valence-corrected chi connectivity index (χ3v) is 5.40. The molecule has 0 saturated heterocycles. The zero-order valence-corrected chi connectivity index (χ0v) is 17.1. The highest BCUT2D eigenvalue weighted by atomic mass is 32.2. The topological polar surface area (TPSA) is 133 Å². The van der Waals surface area contributed by atoms with Gasteiger partial charge in [-0.05, 0) is 44.5 Å². The molecule has 0 aromatic heterocycles. The number of carboxylic acid groups (broad SMARTS) is 1. The number of hydrazone groups is 1. The maximum atomic E-state index is 11.8. The standard InChI is InChI=1S/C12H15N3O3S.C6H10O3/c1-3-13-19(17,18)11-6-4-10(5-7-11)15-12(16)8-9(2)14-15;1-3-5(4(2)7)6(8)9/h4-7,13H,3,8H2,1-2H3;5H,3H2,1-2H3,(H,8,9). The van der Waals surface area contributed by atoms with E-state index in [-0.39, 0.29) is 16.6 Å². The summed E-state index contributed by atoms with van der Waals surface area (Å²) in [6.07, 6.45) is 0.683. The normalized spacial score (nSPS) is 14.8. The van der Waals surface area contributed by atoms with Gasteiger partial charge in [0.15, 0.2) is 0 Å². The smallest absolute Gasteiger partial charge is 0.314 e. The van der Waals surface area contributed by atoms with Gasteiger partial charge < -0.3 is 5.11 Å². The Morgan fingerprint density at radius 2 is 1.82 bits per heavy atom. The van der Waals surface area contributed by atoms with E-state index in [0.717, 1.165) is 5.71 Å². The molecule has 1 atom stereocenters. The fourth-order valence-corrected chi connectivity index (χ4v) is 3.47. The lowest BCUT2D eigenvalue weighted by Gasteiger charge is -2.12. The predicted octanol–water partition coefficient (Wildman–Crippen LogP) is 1.78. The molecule has 1 aliphatic rings. The van der Waals surface area contributed by atoms with Gasteiger partial charge in [0, 0.05) is 12.3 Å². The highest BCUT2D eigenvalue weighted by Gasteiger charge is 2.23. The molecule has 28 heavy (non-hydrogen) atoms. The van der Waals surface area contributed by atoms with Crippen molar-refractivity contribution in [3.8, 4) is 0 Å². The van der Waals surface area contributed by atoms with Crippen LogP contribution in [-0.4, -0.2) is 43.4 Å². The Balaban J connectivity index is 0.000000370. The summed E-state index contributed by atoms with van der Waals surface area (Å²) in [6, 6.07) is 6.07. The predicted molar refractivity (Wildman–Crippen MR) is 105 cm³/mol. The number of hydrogen-bond acceptors (Lipinski definition) is 6. The van der Waals surface area contributed by atoms with E-state index >= 15 is 0 Å². The number of anilines is 1. The molecule has 154 valence electrons. The Labute approximate surface area is 164 Å². The third kappa shape index (κ3) is 6.24. The number of rotatable bonds is 7. The first-order valence-corrected chi connectivity index (χ1v) is 10.2. The molecular formula is C18H25N3O6S. The minimum Gasteiger partial charge on any atom is -0.481 e. The van der Waals surface area contributed by atoms with Crippen LogP contribution in [0.2, 0.25) is 0 Å². The number of benzene rings is 1. The first-order chi connectivity index (χ1) is 13.0. The summed E-state index contributed by atoms with van der Waals surface area (Å²) >= 11 is 0. The molecule has 0 aliphatic carbocycles. The van der Waals surface area contributed by atoms with Crippen molar-refractivity contribution in [1.82, 2.24) is 4.72 Å². The van der Waals surface area contributed by atoms with E-state index < -0.39 is 21.9 Å². The molecule has 0 bridgehead atoms. The van der Waals surface area contributed by atoms with Crippen LogP contribution in [0.15, 0.2) is 34.3 Å². The molecular weight excluding hydrogens is 386 g/mol. The average molecular weight is 411 g/mol. The number of carbonyl (C=O) groups excluding carboxylic acids is 2. The van der Waals surface area contributed by atoms with Crippen molar-refractivity contribution in [3.63, 3.8) is 0 Å². The van der Waals surface area contributed by atoms with Gasteiger partial charge in [0.1, 0.15) is 11.7 Å². The van der Waals surface area contributed by atoms with Gasteiger partial charge in [-0.25, -0.2) is 18.1 Å². The molecule has 1 heterocycles. The van der Waals surface area contributed by atoms with Gasteiger partial charge in [0.05, 0.1) is 17.0 Å². The van der Waals surface area contributed by atoms with Crippen LogP contribution in [-0.2, 0) is 24.4 Å². The summed E-state index contributed by atoms with van der Waals surface area (Å²) in [7, 11) is -3.46. The lowest BCUT2D eigenvalue weighted by Crippen LogP contribution is -2.23.